The fourth-order valence-corrected chi connectivity index (χ4v) is 2.47. The molecule has 1 aromatic heterocycles. The highest BCUT2D eigenvalue weighted by Crippen LogP contribution is 2.20. The molecule has 4 heteroatoms. The number of aromatic nitrogens is 1. The van der Waals surface area contributed by atoms with Gasteiger partial charge in [0.1, 0.15) is 0 Å². The Labute approximate surface area is 105 Å². The van der Waals surface area contributed by atoms with Crippen molar-refractivity contribution >= 4 is 16.7 Å². The second-order valence-corrected chi connectivity index (χ2v) is 4.76. The number of carbonyl (C=O) groups excluding carboxylic acids is 1. The third-order valence-electron chi connectivity index (χ3n) is 3.36. The van der Waals surface area contributed by atoms with Crippen LogP contribution in [0, 0.1) is 0 Å². The van der Waals surface area contributed by atoms with Gasteiger partial charge < -0.3 is 10.6 Å². The van der Waals surface area contributed by atoms with Crippen LogP contribution in [0.5, 0.6) is 0 Å². The first-order valence-corrected chi connectivity index (χ1v) is 6.09. The van der Waals surface area contributed by atoms with Gasteiger partial charge in [-0.2, -0.15) is 0 Å². The van der Waals surface area contributed by atoms with E-state index in [9.17, 15) is 4.79 Å². The Bertz CT molecular complexity index is 591. The van der Waals surface area contributed by atoms with Crippen LogP contribution < -0.4 is 5.73 Å². The molecule has 0 spiro atoms. The number of nitrogens with two attached hydrogens (primary N) is 1. The van der Waals surface area contributed by atoms with E-state index in [1.807, 2.05) is 35.5 Å². The number of rotatable bonds is 2. The monoisotopic (exact) mass is 241 g/mol. The van der Waals surface area contributed by atoms with E-state index in [1.165, 1.54) is 0 Å². The van der Waals surface area contributed by atoms with E-state index in [1.54, 1.807) is 0 Å². The summed E-state index contributed by atoms with van der Waals surface area (Å²) in [5.41, 5.74) is 6.88. The maximum atomic E-state index is 11.8. The van der Waals surface area contributed by atoms with Crippen molar-refractivity contribution in [1.82, 2.24) is 9.88 Å². The summed E-state index contributed by atoms with van der Waals surface area (Å²) in [6.45, 7) is 1.24. The minimum absolute atomic E-state index is 0.0274. The van der Waals surface area contributed by atoms with Crippen LogP contribution in [0.1, 0.15) is 12.0 Å². The molecule has 1 fully saturated rings. The molecule has 92 valence electrons. The normalized spacial score (nSPS) is 19.7. The molecule has 18 heavy (non-hydrogen) atoms. The van der Waals surface area contributed by atoms with Crippen molar-refractivity contribution in [2.24, 2.45) is 5.73 Å². The Kier molecular flexibility index (Phi) is 2.72. The highest BCUT2D eigenvalue weighted by molar-refractivity contribution is 5.85. The predicted octanol–water partition coefficient (Wildman–Crippen LogP) is 1.29. The maximum absolute atomic E-state index is 11.8. The van der Waals surface area contributed by atoms with Crippen molar-refractivity contribution in [3.05, 3.63) is 42.2 Å². The first-order chi connectivity index (χ1) is 8.74. The zero-order valence-electron chi connectivity index (χ0n) is 10.0. The molecular weight excluding hydrogens is 226 g/mol. The minimum Gasteiger partial charge on any atom is -0.337 e. The van der Waals surface area contributed by atoms with Crippen molar-refractivity contribution in [2.75, 3.05) is 6.54 Å². The molecule has 1 aliphatic heterocycles. The minimum atomic E-state index is -0.0274. The number of pyridine rings is 1. The molecule has 0 bridgehead atoms. The van der Waals surface area contributed by atoms with Crippen LogP contribution in [0.15, 0.2) is 36.7 Å². The molecule has 1 saturated heterocycles. The molecule has 4 nitrogen and oxygen atoms in total. The van der Waals surface area contributed by atoms with Crippen molar-refractivity contribution in [3.63, 3.8) is 0 Å². The van der Waals surface area contributed by atoms with Gasteiger partial charge in [-0.15, -0.1) is 0 Å². The van der Waals surface area contributed by atoms with E-state index < -0.39 is 0 Å². The number of likely N-dealkylation sites (tertiary alicyclic amines) is 1. The number of carbonyl (C=O) groups is 1. The molecule has 2 aromatic rings. The highest BCUT2D eigenvalue weighted by Gasteiger charge is 2.27. The van der Waals surface area contributed by atoms with E-state index in [-0.39, 0.29) is 11.9 Å². The second-order valence-electron chi connectivity index (χ2n) is 4.76. The van der Waals surface area contributed by atoms with E-state index in [2.05, 4.69) is 11.1 Å². The molecule has 1 atom stereocenters. The average molecular weight is 241 g/mol. The fourth-order valence-electron chi connectivity index (χ4n) is 2.47. The van der Waals surface area contributed by atoms with Crippen LogP contribution in [0.25, 0.3) is 10.8 Å². The zero-order chi connectivity index (χ0) is 12.5. The van der Waals surface area contributed by atoms with Crippen LogP contribution >= 0.6 is 0 Å². The van der Waals surface area contributed by atoms with Crippen LogP contribution in [-0.4, -0.2) is 28.4 Å². The Morgan fingerprint density at radius 1 is 1.33 bits per heavy atom. The summed E-state index contributed by atoms with van der Waals surface area (Å²) in [5, 5.41) is 2.26. The molecule has 1 aliphatic rings. The SMILES string of the molecule is NC1CC(=O)N(Cc2cncc3ccccc23)C1. The third kappa shape index (κ3) is 1.95. The van der Waals surface area contributed by atoms with Crippen LogP contribution in [-0.2, 0) is 11.3 Å². The summed E-state index contributed by atoms with van der Waals surface area (Å²) in [4.78, 5) is 17.8. The van der Waals surface area contributed by atoms with E-state index in [0.717, 1.165) is 16.3 Å². The van der Waals surface area contributed by atoms with Gasteiger partial charge in [0.15, 0.2) is 0 Å². The van der Waals surface area contributed by atoms with Crippen LogP contribution in [0.2, 0.25) is 0 Å². The highest BCUT2D eigenvalue weighted by atomic mass is 16.2. The predicted molar refractivity (Wildman–Crippen MR) is 69.8 cm³/mol. The molecule has 1 amide bonds. The summed E-state index contributed by atoms with van der Waals surface area (Å²) in [5.74, 6) is 0.135. The summed E-state index contributed by atoms with van der Waals surface area (Å²) in [6, 6.07) is 8.06. The lowest BCUT2D eigenvalue weighted by Gasteiger charge is -2.17. The Hall–Kier alpha value is -1.94. The molecular formula is C14H15N3O. The standard InChI is InChI=1S/C14H15N3O/c15-12-5-14(18)17(9-12)8-11-7-16-6-10-3-1-2-4-13(10)11/h1-4,6-7,12H,5,8-9,15H2. The molecule has 3 rings (SSSR count). The Morgan fingerprint density at radius 3 is 2.94 bits per heavy atom. The van der Waals surface area contributed by atoms with Gasteiger partial charge >= 0.3 is 0 Å². The van der Waals surface area contributed by atoms with E-state index in [0.29, 0.717) is 19.5 Å². The van der Waals surface area contributed by atoms with Gasteiger partial charge in [0.25, 0.3) is 0 Å². The largest absolute Gasteiger partial charge is 0.337 e. The van der Waals surface area contributed by atoms with Gasteiger partial charge in [-0.1, -0.05) is 24.3 Å². The summed E-state index contributed by atoms with van der Waals surface area (Å²) in [7, 11) is 0. The molecule has 1 aromatic carbocycles. The van der Waals surface area contributed by atoms with E-state index in [4.69, 9.17) is 5.73 Å². The number of benzene rings is 1. The van der Waals surface area contributed by atoms with Crippen molar-refractivity contribution in [3.8, 4) is 0 Å². The van der Waals surface area contributed by atoms with Gasteiger partial charge in [0.2, 0.25) is 5.91 Å². The molecule has 0 saturated carbocycles. The van der Waals surface area contributed by atoms with E-state index >= 15 is 0 Å². The van der Waals surface area contributed by atoms with Gasteiger partial charge in [0, 0.05) is 43.3 Å². The topological polar surface area (TPSA) is 59.2 Å². The fraction of sp³-hybridized carbons (Fsp3) is 0.286. The first-order valence-electron chi connectivity index (χ1n) is 6.09. The number of hydrogen-bond donors (Lipinski definition) is 1. The van der Waals surface area contributed by atoms with Crippen molar-refractivity contribution < 1.29 is 4.79 Å². The van der Waals surface area contributed by atoms with Crippen LogP contribution in [0.4, 0.5) is 0 Å². The van der Waals surface area contributed by atoms with Crippen molar-refractivity contribution in [1.29, 1.82) is 0 Å². The Balaban J connectivity index is 1.93. The van der Waals surface area contributed by atoms with Gasteiger partial charge in [-0.05, 0) is 10.9 Å². The summed E-state index contributed by atoms with van der Waals surface area (Å²) in [6.07, 6.45) is 4.13. The summed E-state index contributed by atoms with van der Waals surface area (Å²) < 4.78 is 0. The number of amides is 1. The number of fused-ring (bicyclic) bond motifs is 1. The lowest BCUT2D eigenvalue weighted by Crippen LogP contribution is -2.27. The second kappa shape index (κ2) is 4.38. The molecule has 2 N–H and O–H groups in total. The average Bonchev–Trinajstić information content (AvgIpc) is 2.68. The van der Waals surface area contributed by atoms with Gasteiger partial charge in [0.05, 0.1) is 0 Å². The lowest BCUT2D eigenvalue weighted by atomic mass is 10.1. The first kappa shape index (κ1) is 11.2. The quantitative estimate of drug-likeness (QED) is 0.862. The maximum Gasteiger partial charge on any atom is 0.224 e. The number of hydrogen-bond acceptors (Lipinski definition) is 3. The third-order valence-corrected chi connectivity index (χ3v) is 3.36. The summed E-state index contributed by atoms with van der Waals surface area (Å²) >= 11 is 0. The Morgan fingerprint density at radius 2 is 2.17 bits per heavy atom. The zero-order valence-corrected chi connectivity index (χ0v) is 10.0. The molecule has 0 aliphatic carbocycles. The molecule has 1 unspecified atom stereocenters. The number of nitrogens with zero attached hydrogens (tertiary/aromatic N) is 2. The van der Waals surface area contributed by atoms with Gasteiger partial charge in [-0.25, -0.2) is 0 Å². The lowest BCUT2D eigenvalue weighted by molar-refractivity contribution is -0.128. The molecule has 2 heterocycles. The van der Waals surface area contributed by atoms with Gasteiger partial charge in [-0.3, -0.25) is 9.78 Å². The van der Waals surface area contributed by atoms with Crippen LogP contribution in [0.3, 0.4) is 0 Å². The smallest absolute Gasteiger partial charge is 0.224 e. The molecule has 0 radical (unpaired) electrons. The van der Waals surface area contributed by atoms with Crippen molar-refractivity contribution in [2.45, 2.75) is 19.0 Å².